The van der Waals surface area contributed by atoms with E-state index in [2.05, 4.69) is 33.1 Å². The molecule has 2 aromatic carbocycles. The molecule has 4 rings (SSSR count). The number of thioether (sulfide) groups is 1. The van der Waals surface area contributed by atoms with Gasteiger partial charge in [0, 0.05) is 25.2 Å². The van der Waals surface area contributed by atoms with Crippen molar-refractivity contribution in [2.24, 2.45) is 0 Å². The average molecular weight is 638 g/mol. The highest BCUT2D eigenvalue weighted by molar-refractivity contribution is 7.99. The monoisotopic (exact) mass is 637 g/mol. The highest BCUT2D eigenvalue weighted by Crippen LogP contribution is 2.44. The number of ether oxygens (including phenoxy) is 2. The first-order valence-corrected chi connectivity index (χ1v) is 15.6. The third-order valence-corrected chi connectivity index (χ3v) is 7.94. The Bertz CT molecular complexity index is 1510. The van der Waals surface area contributed by atoms with Crippen molar-refractivity contribution in [3.63, 3.8) is 0 Å². The van der Waals surface area contributed by atoms with Gasteiger partial charge in [-0.15, -0.1) is 0 Å². The Hall–Kier alpha value is -4.52. The first-order chi connectivity index (χ1) is 21.3. The molecule has 0 saturated carbocycles. The predicted molar refractivity (Wildman–Crippen MR) is 169 cm³/mol. The summed E-state index contributed by atoms with van der Waals surface area (Å²) < 4.78 is 12.3. The Morgan fingerprint density at radius 3 is 2.16 bits per heavy atom. The van der Waals surface area contributed by atoms with E-state index in [1.807, 2.05) is 36.4 Å². The number of nitrogens with one attached hydrogen (secondary N) is 3. The maximum atomic E-state index is 12.5. The molecule has 1 aliphatic carbocycles. The average Bonchev–Trinajstić information content (AvgIpc) is 3.55. The minimum Gasteiger partial charge on any atom is -0.480 e. The van der Waals surface area contributed by atoms with Gasteiger partial charge in [-0.1, -0.05) is 60.3 Å². The Morgan fingerprint density at radius 2 is 1.56 bits per heavy atom. The number of fused-ring (bicyclic) bond motifs is 3. The molecular formula is C32H39N5O7S. The molecule has 0 spiro atoms. The van der Waals surface area contributed by atoms with Crippen molar-refractivity contribution in [2.45, 2.75) is 63.2 Å². The van der Waals surface area contributed by atoms with Crippen molar-refractivity contribution in [1.29, 1.82) is 0 Å². The molecule has 2 atom stereocenters. The lowest BCUT2D eigenvalue weighted by Crippen LogP contribution is -2.36. The third kappa shape index (κ3) is 8.78. The van der Waals surface area contributed by atoms with Gasteiger partial charge in [0.05, 0.1) is 11.8 Å². The molecule has 45 heavy (non-hydrogen) atoms. The van der Waals surface area contributed by atoms with Crippen molar-refractivity contribution in [1.82, 2.24) is 25.5 Å². The topological polar surface area (TPSA) is 161 Å². The summed E-state index contributed by atoms with van der Waals surface area (Å²) in [7, 11) is 0. The molecule has 2 unspecified atom stereocenters. The van der Waals surface area contributed by atoms with Gasteiger partial charge in [0.15, 0.2) is 0 Å². The molecule has 3 amide bonds. The number of carbonyl (C=O) groups is 4. The molecule has 0 bridgehead atoms. The molecule has 1 aromatic heterocycles. The molecule has 4 N–H and O–H groups in total. The zero-order valence-corrected chi connectivity index (χ0v) is 26.8. The molecule has 1 aliphatic rings. The van der Waals surface area contributed by atoms with Crippen molar-refractivity contribution >= 4 is 35.8 Å². The van der Waals surface area contributed by atoms with E-state index in [4.69, 9.17) is 9.47 Å². The Kier molecular flexibility index (Phi) is 10.8. The van der Waals surface area contributed by atoms with Gasteiger partial charge in [-0.3, -0.25) is 4.79 Å². The number of nitrogens with zero attached hydrogens (tertiary/aromatic N) is 2. The van der Waals surface area contributed by atoms with Crippen LogP contribution >= 0.6 is 11.8 Å². The molecule has 13 heteroatoms. The van der Waals surface area contributed by atoms with Crippen LogP contribution in [0.25, 0.3) is 11.1 Å². The number of benzene rings is 2. The van der Waals surface area contributed by atoms with E-state index in [0.717, 1.165) is 34.0 Å². The van der Waals surface area contributed by atoms with Gasteiger partial charge >= 0.3 is 18.2 Å². The summed E-state index contributed by atoms with van der Waals surface area (Å²) in [6.07, 6.45) is 0.311. The molecule has 0 radical (unpaired) electrons. The van der Waals surface area contributed by atoms with Crippen LogP contribution in [0.3, 0.4) is 0 Å². The van der Waals surface area contributed by atoms with E-state index >= 15 is 0 Å². The minimum absolute atomic E-state index is 0.0106. The molecule has 1 heterocycles. The van der Waals surface area contributed by atoms with Gasteiger partial charge in [0.25, 0.3) is 0 Å². The van der Waals surface area contributed by atoms with Gasteiger partial charge in [0.2, 0.25) is 5.91 Å². The zero-order chi connectivity index (χ0) is 32.7. The number of carbonyl (C=O) groups excluding carboxylic acids is 3. The van der Waals surface area contributed by atoms with E-state index in [1.165, 1.54) is 17.7 Å². The van der Waals surface area contributed by atoms with E-state index in [-0.39, 0.29) is 37.3 Å². The fourth-order valence-corrected chi connectivity index (χ4v) is 5.69. The van der Waals surface area contributed by atoms with E-state index in [0.29, 0.717) is 10.9 Å². The molecule has 0 saturated heterocycles. The number of hydrogen-bond acceptors (Lipinski definition) is 8. The quantitative estimate of drug-likeness (QED) is 0.161. The van der Waals surface area contributed by atoms with Crippen molar-refractivity contribution in [3.8, 4) is 11.1 Å². The van der Waals surface area contributed by atoms with Crippen LogP contribution in [0.2, 0.25) is 0 Å². The second kappa shape index (κ2) is 14.5. The van der Waals surface area contributed by atoms with Crippen LogP contribution in [0.15, 0.2) is 59.8 Å². The summed E-state index contributed by atoms with van der Waals surface area (Å²) in [6.45, 7) is 8.95. The van der Waals surface area contributed by atoms with Crippen LogP contribution in [-0.4, -0.2) is 69.8 Å². The highest BCUT2D eigenvalue weighted by Gasteiger charge is 2.29. The summed E-state index contributed by atoms with van der Waals surface area (Å²) in [5.74, 6) is -1.09. The summed E-state index contributed by atoms with van der Waals surface area (Å²) in [5, 5.41) is 18.0. The third-order valence-electron chi connectivity index (χ3n) is 7.05. The van der Waals surface area contributed by atoms with Crippen LogP contribution in [0, 0.1) is 0 Å². The second-order valence-electron chi connectivity index (χ2n) is 11.6. The maximum absolute atomic E-state index is 12.5. The fourth-order valence-electron chi connectivity index (χ4n) is 4.96. The van der Waals surface area contributed by atoms with E-state index < -0.39 is 35.8 Å². The van der Waals surface area contributed by atoms with Crippen molar-refractivity contribution < 1.29 is 33.8 Å². The highest BCUT2D eigenvalue weighted by atomic mass is 32.2. The van der Waals surface area contributed by atoms with Gasteiger partial charge in [-0.25, -0.2) is 19.4 Å². The predicted octanol–water partition coefficient (Wildman–Crippen LogP) is 4.86. The maximum Gasteiger partial charge on any atom is 0.408 e. The van der Waals surface area contributed by atoms with E-state index in [9.17, 15) is 24.3 Å². The first kappa shape index (κ1) is 33.4. The number of alkyl carbamates (subject to hydrolysis) is 2. The van der Waals surface area contributed by atoms with Crippen LogP contribution in [0.4, 0.5) is 9.59 Å². The smallest absolute Gasteiger partial charge is 0.408 e. The number of aliphatic carboxylic acids is 1. The molecule has 3 aromatic rings. The Balaban J connectivity index is 1.22. The first-order valence-electron chi connectivity index (χ1n) is 14.6. The lowest BCUT2D eigenvalue weighted by Gasteiger charge is -2.22. The van der Waals surface area contributed by atoms with Crippen LogP contribution in [-0.2, 0) is 19.1 Å². The Morgan fingerprint density at radius 1 is 0.956 bits per heavy atom. The lowest BCUT2D eigenvalue weighted by atomic mass is 9.98. The standard InChI is InChI=1S/C32H39N5O7S/c1-19(35-31(42)44-32(3,4)5)28-36-27(16-37(28)20(2)29(39)40)45-18-26(38)33-14-15-34-30(41)43-17-25-23-12-8-6-10-21(23)22-11-7-9-13-24(22)25/h6-13,16,19-20,25H,14-15,17-18H2,1-5H3,(H,33,38)(H,34,41)(H,35,42)(H,39,40). The van der Waals surface area contributed by atoms with Crippen LogP contribution < -0.4 is 16.0 Å². The normalized spacial score (nSPS) is 13.6. The lowest BCUT2D eigenvalue weighted by molar-refractivity contribution is -0.140. The largest absolute Gasteiger partial charge is 0.480 e. The molecular weight excluding hydrogens is 598 g/mol. The number of imidazole rings is 1. The number of aromatic nitrogens is 2. The summed E-state index contributed by atoms with van der Waals surface area (Å²) in [4.78, 5) is 53.3. The number of amides is 3. The summed E-state index contributed by atoms with van der Waals surface area (Å²) >= 11 is 1.12. The number of hydrogen-bond donors (Lipinski definition) is 4. The van der Waals surface area contributed by atoms with E-state index in [1.54, 1.807) is 27.7 Å². The molecule has 12 nitrogen and oxygen atoms in total. The zero-order valence-electron chi connectivity index (χ0n) is 26.0. The molecule has 240 valence electrons. The van der Waals surface area contributed by atoms with Gasteiger partial charge in [0.1, 0.15) is 29.1 Å². The van der Waals surface area contributed by atoms with Gasteiger partial charge < -0.3 is 35.1 Å². The fraction of sp³-hybridized carbons (Fsp3) is 0.406. The summed E-state index contributed by atoms with van der Waals surface area (Å²) in [5.41, 5.74) is 3.84. The molecule has 0 fully saturated rings. The SMILES string of the molecule is CC(NC(=O)OC(C)(C)C)c1nc(SCC(=O)NCCNC(=O)OCC2c3ccccc3-c3ccccc32)cn1C(C)C(=O)O. The minimum atomic E-state index is -1.07. The van der Waals surface area contributed by atoms with Gasteiger partial charge in [-0.2, -0.15) is 0 Å². The van der Waals surface area contributed by atoms with Crippen molar-refractivity contribution in [2.75, 3.05) is 25.4 Å². The van der Waals surface area contributed by atoms with Crippen LogP contribution in [0.5, 0.6) is 0 Å². The number of carboxylic acid groups (broad SMARTS) is 1. The summed E-state index contributed by atoms with van der Waals surface area (Å²) in [6, 6.07) is 14.6. The van der Waals surface area contributed by atoms with Crippen LogP contribution in [0.1, 0.15) is 69.6 Å². The Labute approximate surface area is 266 Å². The number of carboxylic acids is 1. The number of rotatable bonds is 12. The molecule has 0 aliphatic heterocycles. The van der Waals surface area contributed by atoms with Gasteiger partial charge in [-0.05, 0) is 56.9 Å². The van der Waals surface area contributed by atoms with Crippen molar-refractivity contribution in [3.05, 3.63) is 71.7 Å². The second-order valence-corrected chi connectivity index (χ2v) is 12.6.